The summed E-state index contributed by atoms with van der Waals surface area (Å²) in [7, 11) is 1.63. The number of anilines is 2. The summed E-state index contributed by atoms with van der Waals surface area (Å²) in [6, 6.07) is 5.77. The average Bonchev–Trinajstić information content (AvgIpc) is 2.63. The minimum absolute atomic E-state index is 0.0968. The Labute approximate surface area is 160 Å². The third-order valence-electron chi connectivity index (χ3n) is 4.39. The molecule has 0 bridgehead atoms. The van der Waals surface area contributed by atoms with Crippen molar-refractivity contribution in [3.63, 3.8) is 0 Å². The lowest BCUT2D eigenvalue weighted by Gasteiger charge is -2.16. The number of aliphatic carboxylic acids is 1. The molecule has 0 amide bonds. The van der Waals surface area contributed by atoms with Crippen LogP contribution in [0.1, 0.15) is 48.6 Å². The molecule has 0 aliphatic carbocycles. The number of benzene rings is 1. The first kappa shape index (κ1) is 20.5. The minimum Gasteiger partial charge on any atom is -0.496 e. The summed E-state index contributed by atoms with van der Waals surface area (Å²) in [5.74, 6) is 0.936. The normalized spacial score (nSPS) is 10.6. The zero-order chi connectivity index (χ0) is 19.8. The van der Waals surface area contributed by atoms with Crippen molar-refractivity contribution in [1.82, 2.24) is 9.97 Å². The van der Waals surface area contributed by atoms with Crippen molar-refractivity contribution in [2.75, 3.05) is 24.7 Å². The molecule has 0 aliphatic rings. The monoisotopic (exact) mass is 372 g/mol. The van der Waals surface area contributed by atoms with E-state index in [1.165, 1.54) is 0 Å². The number of ether oxygens (including phenoxy) is 1. The molecule has 2 aromatic rings. The molecule has 0 atom stereocenters. The van der Waals surface area contributed by atoms with E-state index in [1.807, 2.05) is 25.1 Å². The van der Waals surface area contributed by atoms with Gasteiger partial charge in [-0.3, -0.25) is 4.79 Å². The van der Waals surface area contributed by atoms with Crippen LogP contribution in [0.25, 0.3) is 0 Å². The molecule has 0 radical (unpaired) electrons. The molecule has 4 N–H and O–H groups in total. The molecule has 0 unspecified atom stereocenters. The first-order valence-corrected chi connectivity index (χ1v) is 9.19. The van der Waals surface area contributed by atoms with Crippen molar-refractivity contribution in [1.29, 1.82) is 0 Å². The number of aromatic nitrogens is 2. The molecule has 146 valence electrons. The Morgan fingerprint density at radius 2 is 2.11 bits per heavy atom. The third-order valence-corrected chi connectivity index (χ3v) is 4.39. The van der Waals surface area contributed by atoms with Gasteiger partial charge in [-0.05, 0) is 37.0 Å². The van der Waals surface area contributed by atoms with Crippen LogP contribution in [0.4, 0.5) is 11.8 Å². The maximum Gasteiger partial charge on any atom is 0.303 e. The van der Waals surface area contributed by atoms with E-state index in [1.54, 1.807) is 7.11 Å². The predicted molar refractivity (Wildman–Crippen MR) is 106 cm³/mol. The van der Waals surface area contributed by atoms with E-state index in [-0.39, 0.29) is 12.4 Å². The van der Waals surface area contributed by atoms with E-state index in [0.29, 0.717) is 12.8 Å². The van der Waals surface area contributed by atoms with Gasteiger partial charge in [0.05, 0.1) is 7.11 Å². The number of carboxylic acid groups (broad SMARTS) is 1. The average molecular weight is 372 g/mol. The highest BCUT2D eigenvalue weighted by Crippen LogP contribution is 2.28. The molecule has 27 heavy (non-hydrogen) atoms. The highest BCUT2D eigenvalue weighted by molar-refractivity contribution is 5.67. The number of nitrogens with one attached hydrogen (secondary N) is 1. The van der Waals surface area contributed by atoms with E-state index in [9.17, 15) is 4.79 Å². The van der Waals surface area contributed by atoms with E-state index in [4.69, 9.17) is 15.6 Å². The van der Waals surface area contributed by atoms with Gasteiger partial charge in [0.2, 0.25) is 5.95 Å². The Hall–Kier alpha value is -2.83. The van der Waals surface area contributed by atoms with Crippen LogP contribution >= 0.6 is 0 Å². The minimum atomic E-state index is -0.808. The Bertz CT molecular complexity index is 793. The van der Waals surface area contributed by atoms with E-state index in [0.717, 1.165) is 53.3 Å². The second kappa shape index (κ2) is 9.75. The smallest absolute Gasteiger partial charge is 0.303 e. The Kier molecular flexibility index (Phi) is 7.40. The second-order valence-corrected chi connectivity index (χ2v) is 6.49. The van der Waals surface area contributed by atoms with Crippen LogP contribution in [0.5, 0.6) is 5.75 Å². The summed E-state index contributed by atoms with van der Waals surface area (Å²) in [6.07, 6.45) is 3.27. The van der Waals surface area contributed by atoms with Crippen LogP contribution in [-0.4, -0.2) is 34.7 Å². The maximum atomic E-state index is 10.9. The summed E-state index contributed by atoms with van der Waals surface area (Å²) in [4.78, 5) is 19.5. The standard InChI is InChI=1S/C20H28N4O3/c1-4-5-10-22-19-16(13(2)23-20(21)24-19)12-15-11-14(7-9-18(25)26)6-8-17(15)27-3/h6,8,11H,4-5,7,9-10,12H2,1-3H3,(H,25,26)(H3,21,22,23,24). The second-order valence-electron chi connectivity index (χ2n) is 6.49. The number of unbranched alkanes of at least 4 members (excludes halogenated alkanes) is 1. The molecule has 1 aromatic carbocycles. The summed E-state index contributed by atoms with van der Waals surface area (Å²) in [6.45, 7) is 4.87. The van der Waals surface area contributed by atoms with Gasteiger partial charge in [-0.15, -0.1) is 0 Å². The lowest BCUT2D eigenvalue weighted by molar-refractivity contribution is -0.136. The molecule has 1 heterocycles. The molecule has 0 saturated heterocycles. The quantitative estimate of drug-likeness (QED) is 0.549. The van der Waals surface area contributed by atoms with Gasteiger partial charge in [0, 0.05) is 30.6 Å². The number of nitrogen functional groups attached to an aromatic ring is 1. The Morgan fingerprint density at radius 3 is 2.78 bits per heavy atom. The van der Waals surface area contributed by atoms with Crippen molar-refractivity contribution < 1.29 is 14.6 Å². The van der Waals surface area contributed by atoms with E-state index < -0.39 is 5.97 Å². The molecular weight excluding hydrogens is 344 g/mol. The third kappa shape index (κ3) is 5.84. The largest absolute Gasteiger partial charge is 0.496 e. The number of hydrogen-bond acceptors (Lipinski definition) is 6. The number of carboxylic acids is 1. The number of nitrogens with two attached hydrogens (primary N) is 1. The molecule has 7 heteroatoms. The van der Waals surface area contributed by atoms with Gasteiger partial charge in [-0.25, -0.2) is 4.98 Å². The Morgan fingerprint density at radius 1 is 1.33 bits per heavy atom. The molecule has 1 aromatic heterocycles. The van der Waals surface area contributed by atoms with Crippen LogP contribution in [0, 0.1) is 6.92 Å². The van der Waals surface area contributed by atoms with Crippen LogP contribution in [0.2, 0.25) is 0 Å². The van der Waals surface area contributed by atoms with Crippen molar-refractivity contribution in [2.24, 2.45) is 0 Å². The van der Waals surface area contributed by atoms with Gasteiger partial charge < -0.3 is 20.9 Å². The highest BCUT2D eigenvalue weighted by Gasteiger charge is 2.14. The van der Waals surface area contributed by atoms with E-state index >= 15 is 0 Å². The number of aryl methyl sites for hydroxylation is 2. The fourth-order valence-corrected chi connectivity index (χ4v) is 2.93. The van der Waals surface area contributed by atoms with Gasteiger partial charge in [-0.1, -0.05) is 25.5 Å². The van der Waals surface area contributed by atoms with Gasteiger partial charge in [0.15, 0.2) is 0 Å². The van der Waals surface area contributed by atoms with Crippen LogP contribution < -0.4 is 15.8 Å². The number of rotatable bonds is 10. The lowest BCUT2D eigenvalue weighted by atomic mass is 9.99. The SMILES string of the molecule is CCCCNc1nc(N)nc(C)c1Cc1cc(CCC(=O)O)ccc1OC. The molecule has 2 rings (SSSR count). The lowest BCUT2D eigenvalue weighted by Crippen LogP contribution is -2.12. The first-order chi connectivity index (χ1) is 12.9. The molecule has 0 aliphatic heterocycles. The molecular formula is C20H28N4O3. The predicted octanol–water partition coefficient (Wildman–Crippen LogP) is 3.20. The first-order valence-electron chi connectivity index (χ1n) is 9.19. The summed E-state index contributed by atoms with van der Waals surface area (Å²) >= 11 is 0. The van der Waals surface area contributed by atoms with Gasteiger partial charge in [0.25, 0.3) is 0 Å². The van der Waals surface area contributed by atoms with Crippen molar-refractivity contribution >= 4 is 17.7 Å². The number of hydrogen-bond donors (Lipinski definition) is 3. The van der Waals surface area contributed by atoms with Crippen molar-refractivity contribution in [3.05, 3.63) is 40.6 Å². The summed E-state index contributed by atoms with van der Waals surface area (Å²) in [5, 5.41) is 12.3. The zero-order valence-electron chi connectivity index (χ0n) is 16.2. The fraction of sp³-hybridized carbons (Fsp3) is 0.450. The topological polar surface area (TPSA) is 110 Å². The van der Waals surface area contributed by atoms with Crippen LogP contribution in [0.3, 0.4) is 0 Å². The van der Waals surface area contributed by atoms with Gasteiger partial charge in [-0.2, -0.15) is 4.98 Å². The zero-order valence-corrected chi connectivity index (χ0v) is 16.2. The van der Waals surface area contributed by atoms with Crippen LogP contribution in [0.15, 0.2) is 18.2 Å². The van der Waals surface area contributed by atoms with Crippen LogP contribution in [-0.2, 0) is 17.6 Å². The fourth-order valence-electron chi connectivity index (χ4n) is 2.93. The molecule has 0 spiro atoms. The number of nitrogens with zero attached hydrogens (tertiary/aromatic N) is 2. The van der Waals surface area contributed by atoms with Crippen molar-refractivity contribution in [3.8, 4) is 5.75 Å². The molecule has 0 saturated carbocycles. The van der Waals surface area contributed by atoms with E-state index in [2.05, 4.69) is 22.2 Å². The van der Waals surface area contributed by atoms with Crippen molar-refractivity contribution in [2.45, 2.75) is 46.0 Å². The number of carbonyl (C=O) groups is 1. The number of methoxy groups -OCH3 is 1. The highest BCUT2D eigenvalue weighted by atomic mass is 16.5. The molecule has 7 nitrogen and oxygen atoms in total. The maximum absolute atomic E-state index is 10.9. The molecule has 0 fully saturated rings. The Balaban J connectivity index is 2.34. The van der Waals surface area contributed by atoms with Gasteiger partial charge >= 0.3 is 5.97 Å². The summed E-state index contributed by atoms with van der Waals surface area (Å²) in [5.41, 5.74) is 9.55. The van der Waals surface area contributed by atoms with Gasteiger partial charge in [0.1, 0.15) is 11.6 Å². The summed E-state index contributed by atoms with van der Waals surface area (Å²) < 4.78 is 5.50.